The van der Waals surface area contributed by atoms with Gasteiger partial charge in [-0.2, -0.15) is 4.98 Å². The summed E-state index contributed by atoms with van der Waals surface area (Å²) < 4.78 is 22.2. The summed E-state index contributed by atoms with van der Waals surface area (Å²) in [6.45, 7) is 4.70. The molecule has 10 heteroatoms. The molecule has 2 aliphatic rings. The van der Waals surface area contributed by atoms with E-state index in [2.05, 4.69) is 19.7 Å². The molecule has 2 unspecified atom stereocenters. The molecule has 4 bridgehead atoms. The molecule has 0 aliphatic carbocycles. The number of nitrogens with one attached hydrogen (secondary N) is 1. The van der Waals surface area contributed by atoms with Crippen LogP contribution in [0.15, 0.2) is 64.6 Å². The van der Waals surface area contributed by atoms with Gasteiger partial charge in [-0.15, -0.1) is 0 Å². The first kappa shape index (κ1) is 23.7. The van der Waals surface area contributed by atoms with Gasteiger partial charge in [0.25, 0.3) is 5.91 Å². The van der Waals surface area contributed by atoms with Crippen molar-refractivity contribution in [2.45, 2.75) is 26.5 Å². The summed E-state index contributed by atoms with van der Waals surface area (Å²) >= 11 is 0. The molecule has 3 N–H and O–H groups in total. The van der Waals surface area contributed by atoms with E-state index in [1.807, 2.05) is 56.3 Å². The maximum Gasteiger partial charge on any atom is 0.272 e. The van der Waals surface area contributed by atoms with Gasteiger partial charge in [-0.25, -0.2) is 9.19 Å². The van der Waals surface area contributed by atoms with Crippen molar-refractivity contribution in [3.63, 3.8) is 0 Å². The number of aryl methyl sites for hydroxylation is 2. The number of nitrogens with two attached hydrogens (primary N) is 1. The van der Waals surface area contributed by atoms with Crippen molar-refractivity contribution < 1.29 is 13.7 Å². The van der Waals surface area contributed by atoms with Crippen LogP contribution in [0.25, 0.3) is 11.3 Å². The molecular formula is C26H26N6O3S. The molecule has 0 spiro atoms. The highest BCUT2D eigenvalue weighted by molar-refractivity contribution is 7.90. The standard InChI is InChI=1S/C26H26N6O3S/c1-15-7-6-8-16(2)24(15)19-12-23-30-26(29-19)31-36(34)22(27)11-20(28-3)25(33)32-13-17-9-4-5-10-18(17)21(14-32)35-23/h4-12,21H,13-14,27H2,1-3H3,(H,29,30,31)/b22-11+,28-20?. The molecule has 0 fully saturated rings. The number of hydrogen-bond acceptors (Lipinski definition) is 7. The van der Waals surface area contributed by atoms with E-state index < -0.39 is 17.1 Å². The molecule has 36 heavy (non-hydrogen) atoms. The molecule has 2 aliphatic heterocycles. The summed E-state index contributed by atoms with van der Waals surface area (Å²) in [4.78, 5) is 28.2. The van der Waals surface area contributed by atoms with Crippen molar-refractivity contribution in [3.05, 3.63) is 81.9 Å². The summed E-state index contributed by atoms with van der Waals surface area (Å²) in [7, 11) is -0.411. The lowest BCUT2D eigenvalue weighted by Crippen LogP contribution is -2.43. The minimum Gasteiger partial charge on any atom is -0.467 e. The minimum absolute atomic E-state index is 0.0688. The van der Waals surface area contributed by atoms with Crippen molar-refractivity contribution in [1.82, 2.24) is 14.9 Å². The number of nitrogens with zero attached hydrogens (tertiary/aromatic N) is 4. The molecule has 5 rings (SSSR count). The fourth-order valence-corrected chi connectivity index (χ4v) is 5.15. The summed E-state index contributed by atoms with van der Waals surface area (Å²) in [5.74, 6) is 0.0672. The molecule has 1 amide bonds. The van der Waals surface area contributed by atoms with Crippen LogP contribution in [-0.2, 0) is 22.3 Å². The van der Waals surface area contributed by atoms with Crippen molar-refractivity contribution >= 4 is 28.6 Å². The fraction of sp³-hybridized carbons (Fsp3) is 0.231. The first-order chi connectivity index (χ1) is 17.3. The molecule has 0 saturated heterocycles. The van der Waals surface area contributed by atoms with Gasteiger partial charge in [-0.3, -0.25) is 14.5 Å². The van der Waals surface area contributed by atoms with Crippen molar-refractivity contribution in [3.8, 4) is 17.1 Å². The van der Waals surface area contributed by atoms with Crippen LogP contribution in [0.3, 0.4) is 0 Å². The van der Waals surface area contributed by atoms with Gasteiger partial charge in [-0.05, 0) is 36.1 Å². The lowest BCUT2D eigenvalue weighted by atomic mass is 9.97. The second-order valence-electron chi connectivity index (χ2n) is 8.70. The molecular weight excluding hydrogens is 476 g/mol. The number of carbonyl (C=O) groups is 1. The third-order valence-electron chi connectivity index (χ3n) is 6.28. The average Bonchev–Trinajstić information content (AvgIpc) is 2.86. The third kappa shape index (κ3) is 4.47. The Labute approximate surface area is 211 Å². The Bertz CT molecular complexity index is 1430. The zero-order valence-corrected chi connectivity index (χ0v) is 21.0. The van der Waals surface area contributed by atoms with Gasteiger partial charge in [0.2, 0.25) is 11.8 Å². The number of aromatic nitrogens is 2. The van der Waals surface area contributed by atoms with Crippen LogP contribution in [0, 0.1) is 13.8 Å². The summed E-state index contributed by atoms with van der Waals surface area (Å²) in [6, 6.07) is 15.6. The van der Waals surface area contributed by atoms with Gasteiger partial charge in [0.1, 0.15) is 16.8 Å². The minimum atomic E-state index is -1.91. The SMILES string of the molecule is CN=C1/C=C(\N)S(=O)Nc2nc(cc(-c3c(C)cccc3C)n2)OC2CN(Cc3ccccc32)C1=O. The van der Waals surface area contributed by atoms with Crippen LogP contribution in [0.1, 0.15) is 28.4 Å². The number of amides is 1. The number of rotatable bonds is 1. The molecule has 2 aromatic carbocycles. The molecule has 3 aromatic rings. The van der Waals surface area contributed by atoms with Gasteiger partial charge in [0, 0.05) is 31.3 Å². The number of carbonyl (C=O) groups excluding carboxylic acids is 1. The van der Waals surface area contributed by atoms with E-state index >= 15 is 0 Å². The topological polar surface area (TPSA) is 123 Å². The number of aliphatic imine (C=N–C) groups is 1. The lowest BCUT2D eigenvalue weighted by molar-refractivity contribution is -0.126. The van der Waals surface area contributed by atoms with Gasteiger partial charge in [0.15, 0.2) is 11.0 Å². The van der Waals surface area contributed by atoms with E-state index in [0.717, 1.165) is 27.8 Å². The van der Waals surface area contributed by atoms with Crippen LogP contribution >= 0.6 is 0 Å². The fourth-order valence-electron chi connectivity index (χ4n) is 4.55. The Balaban J connectivity index is 1.69. The molecule has 2 atom stereocenters. The maximum absolute atomic E-state index is 13.3. The van der Waals surface area contributed by atoms with E-state index in [1.54, 1.807) is 11.0 Å². The summed E-state index contributed by atoms with van der Waals surface area (Å²) in [5.41, 5.74) is 11.8. The highest BCUT2D eigenvalue weighted by atomic mass is 32.2. The van der Waals surface area contributed by atoms with Crippen LogP contribution in [0.2, 0.25) is 0 Å². The van der Waals surface area contributed by atoms with Crippen LogP contribution in [0.5, 0.6) is 5.88 Å². The molecule has 9 nitrogen and oxygen atoms in total. The zero-order valence-electron chi connectivity index (χ0n) is 20.2. The van der Waals surface area contributed by atoms with Gasteiger partial charge in [-0.1, -0.05) is 42.5 Å². The smallest absolute Gasteiger partial charge is 0.272 e. The summed E-state index contributed by atoms with van der Waals surface area (Å²) in [5, 5.41) is -0.0688. The van der Waals surface area contributed by atoms with Crippen LogP contribution in [0.4, 0.5) is 5.95 Å². The first-order valence-corrected chi connectivity index (χ1v) is 12.6. The average molecular weight is 503 g/mol. The highest BCUT2D eigenvalue weighted by Gasteiger charge is 2.32. The molecule has 0 saturated carbocycles. The second kappa shape index (κ2) is 9.54. The zero-order chi connectivity index (χ0) is 25.4. The Kier molecular flexibility index (Phi) is 6.27. The predicted octanol–water partition coefficient (Wildman–Crippen LogP) is 3.18. The van der Waals surface area contributed by atoms with Gasteiger partial charge >= 0.3 is 0 Å². The Morgan fingerprint density at radius 2 is 1.89 bits per heavy atom. The molecule has 184 valence electrons. The lowest BCUT2D eigenvalue weighted by Gasteiger charge is -2.34. The Hall–Kier alpha value is -4.05. The number of fused-ring (bicyclic) bond motifs is 6. The molecule has 1 aromatic heterocycles. The van der Waals surface area contributed by atoms with Crippen LogP contribution < -0.4 is 15.2 Å². The second-order valence-corrected chi connectivity index (χ2v) is 9.91. The Morgan fingerprint density at radius 3 is 2.64 bits per heavy atom. The van der Waals surface area contributed by atoms with Crippen LogP contribution in [-0.4, -0.2) is 44.3 Å². The van der Waals surface area contributed by atoms with Gasteiger partial charge < -0.3 is 15.4 Å². The number of benzene rings is 2. The Morgan fingerprint density at radius 1 is 1.14 bits per heavy atom. The number of hydrogen-bond donors (Lipinski definition) is 2. The van der Waals surface area contributed by atoms with E-state index in [1.165, 1.54) is 13.1 Å². The summed E-state index contributed by atoms with van der Waals surface area (Å²) in [6.07, 6.45) is 0.855. The predicted molar refractivity (Wildman–Crippen MR) is 140 cm³/mol. The van der Waals surface area contributed by atoms with Gasteiger partial charge in [0.05, 0.1) is 12.2 Å². The monoisotopic (exact) mass is 502 g/mol. The van der Waals surface area contributed by atoms with Crippen molar-refractivity contribution in [1.29, 1.82) is 0 Å². The number of ether oxygens (including phenoxy) is 1. The first-order valence-electron chi connectivity index (χ1n) is 11.5. The maximum atomic E-state index is 13.3. The molecule has 3 heterocycles. The number of anilines is 1. The van der Waals surface area contributed by atoms with E-state index in [9.17, 15) is 9.00 Å². The largest absolute Gasteiger partial charge is 0.467 e. The normalized spacial score (nSPS) is 22.2. The van der Waals surface area contributed by atoms with Crippen molar-refractivity contribution in [2.24, 2.45) is 10.7 Å². The molecule has 0 radical (unpaired) electrons. The third-order valence-corrected chi connectivity index (χ3v) is 7.19. The highest BCUT2D eigenvalue weighted by Crippen LogP contribution is 2.34. The van der Waals surface area contributed by atoms with Crippen molar-refractivity contribution in [2.75, 3.05) is 18.3 Å². The quantitative estimate of drug-likeness (QED) is 0.527. The van der Waals surface area contributed by atoms with E-state index in [4.69, 9.17) is 10.5 Å². The van der Waals surface area contributed by atoms with E-state index in [-0.39, 0.29) is 29.1 Å². The van der Waals surface area contributed by atoms with E-state index in [0.29, 0.717) is 18.1 Å².